The van der Waals surface area contributed by atoms with Gasteiger partial charge in [-0.1, -0.05) is 72.6 Å². The van der Waals surface area contributed by atoms with E-state index in [-0.39, 0.29) is 17.3 Å². The van der Waals surface area contributed by atoms with Gasteiger partial charge in [0.2, 0.25) is 11.8 Å². The molecule has 1 atom stereocenters. The van der Waals surface area contributed by atoms with Crippen LogP contribution in [0.4, 0.5) is 5.69 Å². The average molecular weight is 564 g/mol. The number of benzene rings is 3. The second-order valence-electron chi connectivity index (χ2n) is 11.3. The summed E-state index contributed by atoms with van der Waals surface area (Å²) in [6.45, 7) is 12.9. The van der Waals surface area contributed by atoms with E-state index in [1.54, 1.807) is 30.3 Å². The molecule has 3 aromatic rings. The Bertz CT molecular complexity index is 1430. The molecule has 3 rings (SSSR count). The van der Waals surface area contributed by atoms with Crippen LogP contribution in [0.2, 0.25) is 0 Å². The first-order chi connectivity index (χ1) is 18.7. The number of sulfonamides is 1. The predicted molar refractivity (Wildman–Crippen MR) is 161 cm³/mol. The quantitative estimate of drug-likeness (QED) is 0.352. The third kappa shape index (κ3) is 7.72. The van der Waals surface area contributed by atoms with E-state index < -0.39 is 34.1 Å². The molecule has 0 heterocycles. The van der Waals surface area contributed by atoms with Crippen LogP contribution < -0.4 is 9.62 Å². The van der Waals surface area contributed by atoms with Gasteiger partial charge in [-0.15, -0.1) is 0 Å². The minimum atomic E-state index is -4.10. The van der Waals surface area contributed by atoms with E-state index in [1.165, 1.54) is 9.21 Å². The number of carbonyl (C=O) groups excluding carboxylic acids is 2. The van der Waals surface area contributed by atoms with Crippen molar-refractivity contribution in [2.75, 3.05) is 10.8 Å². The highest BCUT2D eigenvalue weighted by molar-refractivity contribution is 7.92. The smallest absolute Gasteiger partial charge is 0.264 e. The van der Waals surface area contributed by atoms with E-state index in [0.29, 0.717) is 12.1 Å². The molecule has 3 aromatic carbocycles. The topological polar surface area (TPSA) is 86.8 Å². The molecule has 0 fully saturated rings. The van der Waals surface area contributed by atoms with Gasteiger partial charge in [-0.2, -0.15) is 0 Å². The maximum Gasteiger partial charge on any atom is 0.264 e. The molecule has 0 aliphatic carbocycles. The van der Waals surface area contributed by atoms with Gasteiger partial charge in [0.25, 0.3) is 10.0 Å². The highest BCUT2D eigenvalue weighted by atomic mass is 32.2. The molecule has 1 N–H and O–H groups in total. The normalized spacial score (nSPS) is 12.5. The molecular formula is C32H41N3O4S. The lowest BCUT2D eigenvalue weighted by Gasteiger charge is -2.35. The fraction of sp³-hybridized carbons (Fsp3) is 0.375. The van der Waals surface area contributed by atoms with E-state index >= 15 is 0 Å². The predicted octanol–water partition coefficient (Wildman–Crippen LogP) is 5.53. The van der Waals surface area contributed by atoms with Crippen LogP contribution >= 0.6 is 0 Å². The largest absolute Gasteiger partial charge is 0.350 e. The van der Waals surface area contributed by atoms with Crippen molar-refractivity contribution in [3.05, 3.63) is 95.1 Å². The van der Waals surface area contributed by atoms with Crippen molar-refractivity contribution in [3.63, 3.8) is 0 Å². The lowest BCUT2D eigenvalue weighted by atomic mass is 10.1. The third-order valence-corrected chi connectivity index (χ3v) is 8.36. The van der Waals surface area contributed by atoms with Crippen molar-refractivity contribution in [2.45, 2.75) is 77.9 Å². The second-order valence-corrected chi connectivity index (χ2v) is 13.1. The molecule has 0 aliphatic rings. The summed E-state index contributed by atoms with van der Waals surface area (Å²) in [6, 6.07) is 20.7. The standard InChI is InChI=1S/C32H41N3O4S/c1-8-28(31(37)33-32(5,6)7)34(21-26-12-10-9-11-13-26)30(36)22-35(29-19-16-24(3)20-25(29)4)40(38,39)27-17-14-23(2)15-18-27/h9-20,28H,8,21-22H2,1-7H3,(H,33,37)/t28-/m1/s1. The summed E-state index contributed by atoms with van der Waals surface area (Å²) < 4.78 is 29.2. The number of nitrogens with zero attached hydrogens (tertiary/aromatic N) is 2. The zero-order valence-corrected chi connectivity index (χ0v) is 25.4. The molecule has 7 nitrogen and oxygen atoms in total. The maximum absolute atomic E-state index is 14.2. The Morgan fingerprint density at radius 2 is 1.48 bits per heavy atom. The first kappa shape index (κ1) is 30.9. The Kier molecular flexibility index (Phi) is 9.79. The van der Waals surface area contributed by atoms with Crippen molar-refractivity contribution >= 4 is 27.5 Å². The van der Waals surface area contributed by atoms with Crippen molar-refractivity contribution in [3.8, 4) is 0 Å². The van der Waals surface area contributed by atoms with E-state index in [9.17, 15) is 18.0 Å². The fourth-order valence-corrected chi connectivity index (χ4v) is 6.07. The average Bonchev–Trinajstić information content (AvgIpc) is 2.87. The summed E-state index contributed by atoms with van der Waals surface area (Å²) in [5.74, 6) is -0.742. The molecule has 0 aromatic heterocycles. The van der Waals surface area contributed by atoms with Crippen molar-refractivity contribution in [2.24, 2.45) is 0 Å². The molecule has 0 aliphatic heterocycles. The third-order valence-electron chi connectivity index (χ3n) is 6.59. The Morgan fingerprint density at radius 1 is 0.875 bits per heavy atom. The number of hydrogen-bond acceptors (Lipinski definition) is 4. The van der Waals surface area contributed by atoms with Gasteiger partial charge in [0.15, 0.2) is 0 Å². The SMILES string of the molecule is CC[C@H](C(=O)NC(C)(C)C)N(Cc1ccccc1)C(=O)CN(c1ccc(C)cc1C)S(=O)(=O)c1ccc(C)cc1. The summed E-state index contributed by atoms with van der Waals surface area (Å²) in [5.41, 5.74) is 3.42. The summed E-state index contributed by atoms with van der Waals surface area (Å²) >= 11 is 0. The van der Waals surface area contributed by atoms with Gasteiger partial charge >= 0.3 is 0 Å². The highest BCUT2D eigenvalue weighted by Crippen LogP contribution is 2.28. The Balaban J connectivity index is 2.09. The number of amides is 2. The van der Waals surface area contributed by atoms with Gasteiger partial charge in [-0.25, -0.2) is 8.42 Å². The first-order valence-corrected chi connectivity index (χ1v) is 15.0. The van der Waals surface area contributed by atoms with Gasteiger partial charge in [-0.3, -0.25) is 13.9 Å². The minimum Gasteiger partial charge on any atom is -0.350 e. The van der Waals surface area contributed by atoms with Crippen LogP contribution in [0.1, 0.15) is 56.4 Å². The molecule has 214 valence electrons. The molecule has 0 unspecified atom stereocenters. The number of carbonyl (C=O) groups is 2. The molecule has 2 amide bonds. The second kappa shape index (κ2) is 12.7. The Morgan fingerprint density at radius 3 is 2.02 bits per heavy atom. The van der Waals surface area contributed by atoms with Crippen LogP contribution in [0, 0.1) is 20.8 Å². The molecule has 40 heavy (non-hydrogen) atoms. The van der Waals surface area contributed by atoms with E-state index in [2.05, 4.69) is 5.32 Å². The number of nitrogens with one attached hydrogen (secondary N) is 1. The van der Waals surface area contributed by atoms with Gasteiger partial charge in [0, 0.05) is 12.1 Å². The lowest BCUT2D eigenvalue weighted by Crippen LogP contribution is -2.55. The number of aryl methyl sites for hydroxylation is 3. The molecule has 0 saturated carbocycles. The Labute approximate surface area is 239 Å². The molecular weight excluding hydrogens is 522 g/mol. The summed E-state index contributed by atoms with van der Waals surface area (Å²) in [4.78, 5) is 29.1. The Hall–Kier alpha value is -3.65. The fourth-order valence-electron chi connectivity index (χ4n) is 4.59. The summed E-state index contributed by atoms with van der Waals surface area (Å²) in [7, 11) is -4.10. The van der Waals surface area contributed by atoms with Gasteiger partial charge in [-0.05, 0) is 77.3 Å². The van der Waals surface area contributed by atoms with Gasteiger partial charge in [0.05, 0.1) is 10.6 Å². The monoisotopic (exact) mass is 563 g/mol. The van der Waals surface area contributed by atoms with E-state index in [4.69, 9.17) is 0 Å². The number of anilines is 1. The maximum atomic E-state index is 14.2. The highest BCUT2D eigenvalue weighted by Gasteiger charge is 2.35. The summed E-state index contributed by atoms with van der Waals surface area (Å²) in [6.07, 6.45) is 0.370. The molecule has 0 bridgehead atoms. The summed E-state index contributed by atoms with van der Waals surface area (Å²) in [5, 5.41) is 2.99. The van der Waals surface area contributed by atoms with E-state index in [1.807, 2.05) is 90.9 Å². The van der Waals surface area contributed by atoms with Crippen molar-refractivity contribution in [1.29, 1.82) is 0 Å². The van der Waals surface area contributed by atoms with Crippen LogP contribution in [0.5, 0.6) is 0 Å². The van der Waals surface area contributed by atoms with Crippen LogP contribution in [0.15, 0.2) is 77.7 Å². The van der Waals surface area contributed by atoms with Crippen LogP contribution in [0.25, 0.3) is 0 Å². The first-order valence-electron chi connectivity index (χ1n) is 13.5. The van der Waals surface area contributed by atoms with Gasteiger partial charge < -0.3 is 10.2 Å². The molecule has 0 spiro atoms. The number of hydrogen-bond donors (Lipinski definition) is 1. The van der Waals surface area contributed by atoms with Crippen LogP contribution in [-0.2, 0) is 26.2 Å². The van der Waals surface area contributed by atoms with E-state index in [0.717, 1.165) is 22.3 Å². The van der Waals surface area contributed by atoms with Gasteiger partial charge in [0.1, 0.15) is 12.6 Å². The van der Waals surface area contributed by atoms with Crippen molar-refractivity contribution in [1.82, 2.24) is 10.2 Å². The zero-order valence-electron chi connectivity index (χ0n) is 24.6. The molecule has 0 saturated heterocycles. The lowest BCUT2D eigenvalue weighted by molar-refractivity contribution is -0.141. The van der Waals surface area contributed by atoms with Crippen molar-refractivity contribution < 1.29 is 18.0 Å². The minimum absolute atomic E-state index is 0.0954. The molecule has 0 radical (unpaired) electrons. The van der Waals surface area contributed by atoms with Crippen LogP contribution in [-0.4, -0.2) is 43.3 Å². The number of rotatable bonds is 10. The van der Waals surface area contributed by atoms with Crippen LogP contribution in [0.3, 0.4) is 0 Å². The molecule has 8 heteroatoms. The zero-order chi connectivity index (χ0) is 29.7.